The van der Waals surface area contributed by atoms with Crippen LogP contribution in [0.25, 0.3) is 0 Å². The molecular weight excluding hydrogens is 192 g/mol. The summed E-state index contributed by atoms with van der Waals surface area (Å²) in [5.41, 5.74) is 4.84. The van der Waals surface area contributed by atoms with E-state index in [1.54, 1.807) is 22.9 Å². The first kappa shape index (κ1) is 8.43. The third-order valence-electron chi connectivity index (χ3n) is 1.88. The maximum Gasteiger partial charge on any atom is 0.409 e. The maximum absolute atomic E-state index is 11.0. The summed E-state index contributed by atoms with van der Waals surface area (Å²) in [6, 6.07) is 0. The number of primary amides is 1. The zero-order chi connectivity index (χ0) is 9.42. The van der Waals surface area contributed by atoms with Gasteiger partial charge < -0.3 is 15.4 Å². The SMILES string of the molecule is NC(=O)OC1=CN2C(=O)CC2SC1. The highest BCUT2D eigenvalue weighted by Gasteiger charge is 2.38. The second-order valence-electron chi connectivity index (χ2n) is 2.79. The van der Waals surface area contributed by atoms with E-state index in [4.69, 9.17) is 5.73 Å². The van der Waals surface area contributed by atoms with Crippen molar-refractivity contribution >= 4 is 23.8 Å². The third kappa shape index (κ3) is 1.49. The Morgan fingerprint density at radius 3 is 3.15 bits per heavy atom. The van der Waals surface area contributed by atoms with Crippen LogP contribution in [0.4, 0.5) is 4.79 Å². The number of nitrogens with two attached hydrogens (primary N) is 1. The number of nitrogens with zero attached hydrogens (tertiary/aromatic N) is 1. The van der Waals surface area contributed by atoms with Crippen LogP contribution in [0, 0.1) is 0 Å². The lowest BCUT2D eigenvalue weighted by Crippen LogP contribution is -2.49. The minimum absolute atomic E-state index is 0.0581. The summed E-state index contributed by atoms with van der Waals surface area (Å²) in [5.74, 6) is 1.10. The molecule has 1 saturated heterocycles. The van der Waals surface area contributed by atoms with Crippen LogP contribution >= 0.6 is 11.8 Å². The number of hydrogen-bond acceptors (Lipinski definition) is 4. The van der Waals surface area contributed by atoms with Gasteiger partial charge in [-0.15, -0.1) is 11.8 Å². The highest BCUT2D eigenvalue weighted by atomic mass is 32.2. The third-order valence-corrected chi connectivity index (χ3v) is 3.11. The van der Waals surface area contributed by atoms with E-state index < -0.39 is 6.09 Å². The second-order valence-corrected chi connectivity index (χ2v) is 3.95. The zero-order valence-corrected chi connectivity index (χ0v) is 7.54. The number of carbonyl (C=O) groups is 2. The monoisotopic (exact) mass is 200 g/mol. The standard InChI is InChI=1S/C7H8N2O3S/c8-7(11)12-4-2-9-5(10)1-6(9)13-3-4/h2,6H,1,3H2,(H2,8,11). The van der Waals surface area contributed by atoms with Crippen LogP contribution in [0.1, 0.15) is 6.42 Å². The molecule has 13 heavy (non-hydrogen) atoms. The molecule has 5 nitrogen and oxygen atoms in total. The van der Waals surface area contributed by atoms with E-state index in [2.05, 4.69) is 4.74 Å². The Balaban J connectivity index is 2.05. The predicted octanol–water partition coefficient (Wildman–Crippen LogP) is 0.228. The Labute approximate surface area is 78.9 Å². The van der Waals surface area contributed by atoms with Crippen LogP contribution in [0.5, 0.6) is 0 Å². The molecule has 1 unspecified atom stereocenters. The average molecular weight is 200 g/mol. The second kappa shape index (κ2) is 2.95. The average Bonchev–Trinajstić information content (AvgIpc) is 2.05. The summed E-state index contributed by atoms with van der Waals surface area (Å²) >= 11 is 1.57. The van der Waals surface area contributed by atoms with Gasteiger partial charge in [-0.05, 0) is 0 Å². The van der Waals surface area contributed by atoms with E-state index in [1.807, 2.05) is 0 Å². The van der Waals surface area contributed by atoms with Gasteiger partial charge in [0.2, 0.25) is 5.91 Å². The summed E-state index contributed by atoms with van der Waals surface area (Å²) in [4.78, 5) is 23.0. The molecule has 1 fully saturated rings. The number of amides is 2. The van der Waals surface area contributed by atoms with Gasteiger partial charge in [-0.1, -0.05) is 0 Å². The van der Waals surface area contributed by atoms with Crippen molar-refractivity contribution in [3.63, 3.8) is 0 Å². The fourth-order valence-corrected chi connectivity index (χ4v) is 2.34. The molecule has 1 atom stereocenters. The number of carbonyl (C=O) groups excluding carboxylic acids is 2. The van der Waals surface area contributed by atoms with Crippen LogP contribution in [-0.2, 0) is 9.53 Å². The van der Waals surface area contributed by atoms with Crippen LogP contribution in [0.2, 0.25) is 0 Å². The van der Waals surface area contributed by atoms with Gasteiger partial charge in [0.15, 0.2) is 0 Å². The minimum atomic E-state index is -0.835. The van der Waals surface area contributed by atoms with Crippen LogP contribution in [-0.4, -0.2) is 28.0 Å². The molecule has 0 spiro atoms. The van der Waals surface area contributed by atoms with Crippen LogP contribution in [0.3, 0.4) is 0 Å². The molecule has 2 heterocycles. The number of rotatable bonds is 1. The fourth-order valence-electron chi connectivity index (χ4n) is 1.25. The van der Waals surface area contributed by atoms with E-state index in [-0.39, 0.29) is 11.3 Å². The van der Waals surface area contributed by atoms with Crippen LogP contribution < -0.4 is 5.73 Å². The summed E-state index contributed by atoms with van der Waals surface area (Å²) in [6.45, 7) is 0. The van der Waals surface area contributed by atoms with E-state index >= 15 is 0 Å². The Morgan fingerprint density at radius 1 is 1.77 bits per heavy atom. The molecule has 70 valence electrons. The number of thioether (sulfide) groups is 1. The molecule has 0 aliphatic carbocycles. The van der Waals surface area contributed by atoms with E-state index in [9.17, 15) is 9.59 Å². The Bertz CT molecular complexity index is 302. The topological polar surface area (TPSA) is 72.6 Å². The highest BCUT2D eigenvalue weighted by Crippen LogP contribution is 2.35. The van der Waals surface area contributed by atoms with Crippen molar-refractivity contribution in [1.29, 1.82) is 0 Å². The van der Waals surface area contributed by atoms with Crippen molar-refractivity contribution in [3.8, 4) is 0 Å². The van der Waals surface area contributed by atoms with Gasteiger partial charge in [0.1, 0.15) is 5.76 Å². The van der Waals surface area contributed by atoms with Gasteiger partial charge in [0.05, 0.1) is 17.5 Å². The van der Waals surface area contributed by atoms with Crippen molar-refractivity contribution in [1.82, 2.24) is 4.90 Å². The van der Waals surface area contributed by atoms with Gasteiger partial charge in [-0.25, -0.2) is 4.79 Å². The maximum atomic E-state index is 11.0. The van der Waals surface area contributed by atoms with E-state index in [0.717, 1.165) is 0 Å². The summed E-state index contributed by atoms with van der Waals surface area (Å²) in [7, 11) is 0. The smallest absolute Gasteiger partial charge is 0.409 e. The zero-order valence-electron chi connectivity index (χ0n) is 6.73. The molecule has 2 N–H and O–H groups in total. The summed E-state index contributed by atoms with van der Waals surface area (Å²) in [5, 5.41) is 0.229. The largest absolute Gasteiger partial charge is 0.413 e. The number of β-lactam (4-membered cyclic amide) rings is 1. The molecule has 2 aliphatic heterocycles. The van der Waals surface area contributed by atoms with Gasteiger partial charge >= 0.3 is 6.09 Å². The van der Waals surface area contributed by atoms with E-state index in [0.29, 0.717) is 17.9 Å². The Morgan fingerprint density at radius 2 is 2.54 bits per heavy atom. The molecule has 2 rings (SSSR count). The van der Waals surface area contributed by atoms with Crippen molar-refractivity contribution in [2.45, 2.75) is 11.8 Å². The van der Waals surface area contributed by atoms with Crippen molar-refractivity contribution < 1.29 is 14.3 Å². The normalized spacial score (nSPS) is 25.8. The minimum Gasteiger partial charge on any atom is -0.413 e. The van der Waals surface area contributed by atoms with E-state index in [1.165, 1.54) is 0 Å². The molecule has 0 aromatic rings. The Kier molecular flexibility index (Phi) is 1.91. The number of ether oxygens (including phenoxy) is 1. The van der Waals surface area contributed by atoms with Gasteiger partial charge in [0, 0.05) is 6.20 Å². The molecule has 2 aliphatic rings. The highest BCUT2D eigenvalue weighted by molar-refractivity contribution is 8.00. The first-order valence-corrected chi connectivity index (χ1v) is 4.82. The van der Waals surface area contributed by atoms with Gasteiger partial charge in [0.25, 0.3) is 0 Å². The lowest BCUT2D eigenvalue weighted by molar-refractivity contribution is -0.137. The number of hydrogen-bond donors (Lipinski definition) is 1. The molecule has 0 aromatic heterocycles. The number of fused-ring (bicyclic) bond motifs is 1. The van der Waals surface area contributed by atoms with Crippen molar-refractivity contribution in [2.75, 3.05) is 5.75 Å². The van der Waals surface area contributed by atoms with Gasteiger partial charge in [-0.3, -0.25) is 4.79 Å². The lowest BCUT2D eigenvalue weighted by Gasteiger charge is -2.40. The molecule has 0 bridgehead atoms. The Hall–Kier alpha value is -1.17. The first-order chi connectivity index (χ1) is 6.16. The molecule has 0 saturated carbocycles. The molecule has 2 amide bonds. The predicted molar refractivity (Wildman–Crippen MR) is 46.5 cm³/mol. The summed E-state index contributed by atoms with van der Waals surface area (Å²) in [6.07, 6.45) is 1.29. The molecule has 0 radical (unpaired) electrons. The van der Waals surface area contributed by atoms with Crippen molar-refractivity contribution in [2.24, 2.45) is 5.73 Å². The van der Waals surface area contributed by atoms with Gasteiger partial charge in [-0.2, -0.15) is 0 Å². The lowest BCUT2D eigenvalue weighted by atomic mass is 10.2. The fraction of sp³-hybridized carbons (Fsp3) is 0.429. The quantitative estimate of drug-likeness (QED) is 0.615. The summed E-state index contributed by atoms with van der Waals surface area (Å²) < 4.78 is 4.68. The molecule has 0 aromatic carbocycles. The van der Waals surface area contributed by atoms with Crippen LogP contribution in [0.15, 0.2) is 12.0 Å². The first-order valence-electron chi connectivity index (χ1n) is 3.77. The molecule has 6 heteroatoms. The van der Waals surface area contributed by atoms with Crippen molar-refractivity contribution in [3.05, 3.63) is 12.0 Å². The molecular formula is C7H8N2O3S.